The lowest BCUT2D eigenvalue weighted by atomic mass is 10.4. The first-order valence-electron chi connectivity index (χ1n) is 4.46. The molecule has 0 saturated carbocycles. The van der Waals surface area contributed by atoms with E-state index in [1.54, 1.807) is 0 Å². The zero-order valence-corrected chi connectivity index (χ0v) is 9.39. The van der Waals surface area contributed by atoms with Crippen molar-refractivity contribution in [1.29, 1.82) is 0 Å². The summed E-state index contributed by atoms with van der Waals surface area (Å²) in [7, 11) is 0. The average Bonchev–Trinajstić information content (AvgIpc) is 2.75. The van der Waals surface area contributed by atoms with Gasteiger partial charge >= 0.3 is 6.03 Å². The molecular formula is C11H14ClN3O. The number of nitrogens with one attached hydrogen (secondary N) is 1. The number of aromatic nitrogens is 1. The summed E-state index contributed by atoms with van der Waals surface area (Å²) >= 11 is 5.54. The number of urea groups is 1. The standard InChI is InChI=1S/C6H5Cl.C4H5N.CH4N2O/c7-6-4-2-1-3-5-6;1-2-4-5-3-1;2-1(3)4/h1-5H;1-5H;(H4,2,3,4). The van der Waals surface area contributed by atoms with Gasteiger partial charge in [-0.25, -0.2) is 4.79 Å². The van der Waals surface area contributed by atoms with Crippen LogP contribution in [0.5, 0.6) is 0 Å². The van der Waals surface area contributed by atoms with Crippen LogP contribution in [0.15, 0.2) is 54.9 Å². The van der Waals surface area contributed by atoms with E-state index in [1.807, 2.05) is 54.9 Å². The highest BCUT2D eigenvalue weighted by Gasteiger charge is 1.74. The number of rotatable bonds is 0. The lowest BCUT2D eigenvalue weighted by Gasteiger charge is -1.80. The number of primary amides is 2. The first-order valence-corrected chi connectivity index (χ1v) is 4.84. The van der Waals surface area contributed by atoms with Gasteiger partial charge in [-0.2, -0.15) is 0 Å². The quantitative estimate of drug-likeness (QED) is 0.648. The first kappa shape index (κ1) is 14.1. The third-order valence-corrected chi connectivity index (χ3v) is 1.48. The minimum atomic E-state index is -0.833. The molecule has 0 unspecified atom stereocenters. The predicted molar refractivity (Wildman–Crippen MR) is 66.0 cm³/mol. The van der Waals surface area contributed by atoms with Gasteiger partial charge in [-0.15, -0.1) is 0 Å². The van der Waals surface area contributed by atoms with Crippen LogP contribution in [0.2, 0.25) is 5.02 Å². The molecule has 2 aromatic rings. The Morgan fingerprint density at radius 2 is 1.44 bits per heavy atom. The Bertz CT molecular complexity index is 341. The van der Waals surface area contributed by atoms with Crippen LogP contribution in [0, 0.1) is 0 Å². The Hall–Kier alpha value is -1.94. The van der Waals surface area contributed by atoms with Gasteiger partial charge in [-0.1, -0.05) is 29.8 Å². The first-order chi connectivity index (χ1) is 7.63. The molecule has 2 rings (SSSR count). The maximum Gasteiger partial charge on any atom is 0.309 e. The predicted octanol–water partition coefficient (Wildman–Crippen LogP) is 2.38. The minimum Gasteiger partial charge on any atom is -0.368 e. The van der Waals surface area contributed by atoms with Crippen LogP contribution in [0.25, 0.3) is 0 Å². The average molecular weight is 240 g/mol. The van der Waals surface area contributed by atoms with Gasteiger partial charge in [0.2, 0.25) is 0 Å². The van der Waals surface area contributed by atoms with Gasteiger partial charge in [0.25, 0.3) is 0 Å². The van der Waals surface area contributed by atoms with Crippen molar-refractivity contribution < 1.29 is 4.79 Å². The monoisotopic (exact) mass is 239 g/mol. The molecular weight excluding hydrogens is 226 g/mol. The highest BCUT2D eigenvalue weighted by atomic mass is 35.5. The third-order valence-electron chi connectivity index (χ3n) is 1.23. The molecule has 1 heterocycles. The van der Waals surface area contributed by atoms with E-state index in [2.05, 4.69) is 16.5 Å². The fourth-order valence-corrected chi connectivity index (χ4v) is 0.838. The van der Waals surface area contributed by atoms with Crippen molar-refractivity contribution in [2.75, 3.05) is 0 Å². The lowest BCUT2D eigenvalue weighted by Crippen LogP contribution is -2.18. The maximum atomic E-state index is 9.00. The number of aromatic amines is 1. The number of nitrogens with two attached hydrogens (primary N) is 2. The Balaban J connectivity index is 0.000000222. The van der Waals surface area contributed by atoms with E-state index in [4.69, 9.17) is 16.4 Å². The summed E-state index contributed by atoms with van der Waals surface area (Å²) in [5.41, 5.74) is 8.50. The van der Waals surface area contributed by atoms with Gasteiger partial charge in [0, 0.05) is 17.4 Å². The number of H-pyrrole nitrogens is 1. The van der Waals surface area contributed by atoms with Gasteiger partial charge < -0.3 is 16.5 Å². The van der Waals surface area contributed by atoms with Crippen LogP contribution in [0.4, 0.5) is 4.79 Å². The van der Waals surface area contributed by atoms with Crippen molar-refractivity contribution in [2.24, 2.45) is 11.5 Å². The minimum absolute atomic E-state index is 0.794. The highest BCUT2D eigenvalue weighted by molar-refractivity contribution is 6.30. The molecule has 2 amide bonds. The van der Waals surface area contributed by atoms with Crippen molar-refractivity contribution in [3.8, 4) is 0 Å². The van der Waals surface area contributed by atoms with Crippen molar-refractivity contribution >= 4 is 17.6 Å². The summed E-state index contributed by atoms with van der Waals surface area (Å²) in [4.78, 5) is 11.9. The normalized spacial score (nSPS) is 7.81. The van der Waals surface area contributed by atoms with E-state index in [0.29, 0.717) is 0 Å². The van der Waals surface area contributed by atoms with Gasteiger partial charge in [0.05, 0.1) is 0 Å². The van der Waals surface area contributed by atoms with Gasteiger partial charge in [0.15, 0.2) is 0 Å². The molecule has 0 radical (unpaired) electrons. The lowest BCUT2D eigenvalue weighted by molar-refractivity contribution is 0.256. The zero-order valence-electron chi connectivity index (χ0n) is 8.64. The highest BCUT2D eigenvalue weighted by Crippen LogP contribution is 2.03. The second kappa shape index (κ2) is 9.61. The van der Waals surface area contributed by atoms with Crippen molar-refractivity contribution in [2.45, 2.75) is 0 Å². The Morgan fingerprint density at radius 3 is 1.62 bits per heavy atom. The second-order valence-electron chi connectivity index (χ2n) is 2.58. The molecule has 5 heteroatoms. The van der Waals surface area contributed by atoms with Crippen molar-refractivity contribution in [3.63, 3.8) is 0 Å². The van der Waals surface area contributed by atoms with E-state index >= 15 is 0 Å². The molecule has 0 atom stereocenters. The van der Waals surface area contributed by atoms with Crippen LogP contribution >= 0.6 is 11.6 Å². The molecule has 0 fully saturated rings. The molecule has 86 valence electrons. The fourth-order valence-electron chi connectivity index (χ4n) is 0.692. The number of carbonyl (C=O) groups is 1. The van der Waals surface area contributed by atoms with Crippen molar-refractivity contribution in [3.05, 3.63) is 59.9 Å². The topological polar surface area (TPSA) is 84.9 Å². The molecule has 0 spiro atoms. The molecule has 0 aliphatic heterocycles. The van der Waals surface area contributed by atoms with Crippen LogP contribution < -0.4 is 11.5 Å². The Morgan fingerprint density at radius 1 is 1.00 bits per heavy atom. The van der Waals surface area contributed by atoms with Gasteiger partial charge in [0.1, 0.15) is 0 Å². The maximum absolute atomic E-state index is 9.00. The summed E-state index contributed by atoms with van der Waals surface area (Å²) in [6.45, 7) is 0. The van der Waals surface area contributed by atoms with E-state index in [9.17, 15) is 0 Å². The summed E-state index contributed by atoms with van der Waals surface area (Å²) in [6, 6.07) is 12.5. The number of hydrogen-bond donors (Lipinski definition) is 3. The van der Waals surface area contributed by atoms with E-state index in [-0.39, 0.29) is 0 Å². The molecule has 5 N–H and O–H groups in total. The van der Waals surface area contributed by atoms with E-state index in [1.165, 1.54) is 0 Å². The van der Waals surface area contributed by atoms with Crippen molar-refractivity contribution in [1.82, 2.24) is 4.98 Å². The van der Waals surface area contributed by atoms with Gasteiger partial charge in [-0.3, -0.25) is 0 Å². The molecule has 0 aliphatic carbocycles. The van der Waals surface area contributed by atoms with Crippen LogP contribution in [0.3, 0.4) is 0 Å². The molecule has 0 saturated heterocycles. The molecule has 1 aromatic heterocycles. The Kier molecular flexibility index (Phi) is 8.44. The van der Waals surface area contributed by atoms with Crippen LogP contribution in [-0.2, 0) is 0 Å². The number of halogens is 1. The van der Waals surface area contributed by atoms with Crippen LogP contribution in [0.1, 0.15) is 0 Å². The summed E-state index contributed by atoms with van der Waals surface area (Å²) < 4.78 is 0. The molecule has 1 aromatic carbocycles. The molecule has 0 aliphatic rings. The molecule has 0 bridgehead atoms. The SMILES string of the molecule is Clc1ccccc1.NC(N)=O.c1cc[nH]c1. The number of amides is 2. The smallest absolute Gasteiger partial charge is 0.309 e. The fraction of sp³-hybridized carbons (Fsp3) is 0. The Labute approximate surface area is 99.2 Å². The number of carbonyl (C=O) groups excluding carboxylic acids is 1. The molecule has 16 heavy (non-hydrogen) atoms. The number of hydrogen-bond acceptors (Lipinski definition) is 1. The second-order valence-corrected chi connectivity index (χ2v) is 3.02. The number of benzene rings is 1. The summed E-state index contributed by atoms with van der Waals surface area (Å²) in [5.74, 6) is 0. The van der Waals surface area contributed by atoms with Crippen LogP contribution in [-0.4, -0.2) is 11.0 Å². The van der Waals surface area contributed by atoms with E-state index < -0.39 is 6.03 Å². The zero-order chi connectivity index (χ0) is 12.2. The largest absolute Gasteiger partial charge is 0.368 e. The summed E-state index contributed by atoms with van der Waals surface area (Å²) in [6.07, 6.45) is 3.75. The third kappa shape index (κ3) is 12.1. The van der Waals surface area contributed by atoms with Gasteiger partial charge in [-0.05, 0) is 24.3 Å². The van der Waals surface area contributed by atoms with E-state index in [0.717, 1.165) is 5.02 Å². The molecule has 4 nitrogen and oxygen atoms in total. The summed E-state index contributed by atoms with van der Waals surface area (Å²) in [5, 5.41) is 0.794.